The fourth-order valence-corrected chi connectivity index (χ4v) is 5.11. The van der Waals surface area contributed by atoms with E-state index in [1.54, 1.807) is 29.2 Å². The van der Waals surface area contributed by atoms with Crippen molar-refractivity contribution in [2.45, 2.75) is 13.3 Å². The van der Waals surface area contributed by atoms with Crippen LogP contribution in [-0.4, -0.2) is 80.9 Å². The highest BCUT2D eigenvalue weighted by atomic mass is 19.1. The van der Waals surface area contributed by atoms with E-state index in [0.29, 0.717) is 35.9 Å². The van der Waals surface area contributed by atoms with Gasteiger partial charge in [-0.3, -0.25) is 4.79 Å². The lowest BCUT2D eigenvalue weighted by Crippen LogP contribution is -2.48. The van der Waals surface area contributed by atoms with Crippen molar-refractivity contribution in [3.05, 3.63) is 76.4 Å². The number of allylic oxidation sites excluding steroid dienone is 2. The van der Waals surface area contributed by atoms with Crippen molar-refractivity contribution in [3.8, 4) is 17.2 Å². The molecule has 0 spiro atoms. The number of fused-ring (bicyclic) bond motifs is 1. The maximum atomic E-state index is 14.3. The van der Waals surface area contributed by atoms with Crippen LogP contribution in [0, 0.1) is 5.82 Å². The lowest BCUT2D eigenvalue weighted by atomic mass is 10.00. The van der Waals surface area contributed by atoms with E-state index in [1.807, 2.05) is 20.0 Å². The Kier molecular flexibility index (Phi) is 8.58. The molecule has 2 aliphatic rings. The van der Waals surface area contributed by atoms with Crippen molar-refractivity contribution in [1.29, 1.82) is 0 Å². The normalized spacial score (nSPS) is 16.0. The summed E-state index contributed by atoms with van der Waals surface area (Å²) in [6.07, 6.45) is 3.01. The van der Waals surface area contributed by atoms with Crippen LogP contribution < -0.4 is 19.5 Å². The van der Waals surface area contributed by atoms with E-state index < -0.39 is 6.09 Å². The molecule has 1 aliphatic heterocycles. The highest BCUT2D eigenvalue weighted by Crippen LogP contribution is 2.44. The van der Waals surface area contributed by atoms with Gasteiger partial charge in [-0.2, -0.15) is 0 Å². The van der Waals surface area contributed by atoms with E-state index in [2.05, 4.69) is 15.4 Å². The van der Waals surface area contributed by atoms with Gasteiger partial charge in [-0.05, 0) is 77.7 Å². The number of nitrogens with zero attached hydrogens (tertiary/aromatic N) is 3. The van der Waals surface area contributed by atoms with Gasteiger partial charge in [0.2, 0.25) is 11.7 Å². The molecule has 1 aromatic heterocycles. The summed E-state index contributed by atoms with van der Waals surface area (Å²) in [6, 6.07) is 9.76. The summed E-state index contributed by atoms with van der Waals surface area (Å²) in [5.41, 5.74) is 4.81. The molecule has 0 radical (unpaired) electrons. The van der Waals surface area contributed by atoms with Crippen LogP contribution in [0.2, 0.25) is 0 Å². The van der Waals surface area contributed by atoms with Crippen molar-refractivity contribution in [2.75, 3.05) is 54.0 Å². The number of hydrogen-bond acceptors (Lipinski definition) is 8. The summed E-state index contributed by atoms with van der Waals surface area (Å²) in [6.45, 7) is 4.81. The minimum Gasteiger partial charge on any atom is -0.493 e. The van der Waals surface area contributed by atoms with Crippen LogP contribution in [0.5, 0.6) is 17.2 Å². The highest BCUT2D eigenvalue weighted by Gasteiger charge is 2.27. The van der Waals surface area contributed by atoms with Gasteiger partial charge in [0.05, 0.1) is 26.8 Å². The fraction of sp³-hybridized carbons (Fsp3) is 0.323. The summed E-state index contributed by atoms with van der Waals surface area (Å²) >= 11 is 0. The molecule has 1 N–H and O–H groups in total. The monoisotopic (exact) mass is 576 g/mol. The Balaban J connectivity index is 1.43. The Morgan fingerprint density at radius 2 is 1.76 bits per heavy atom. The summed E-state index contributed by atoms with van der Waals surface area (Å²) < 4.78 is 36.3. The van der Waals surface area contributed by atoms with Gasteiger partial charge >= 0.3 is 6.09 Å². The summed E-state index contributed by atoms with van der Waals surface area (Å²) in [5, 5.41) is 6.52. The van der Waals surface area contributed by atoms with Gasteiger partial charge in [-0.15, -0.1) is 0 Å². The predicted molar refractivity (Wildman–Crippen MR) is 155 cm³/mol. The zero-order valence-corrected chi connectivity index (χ0v) is 24.0. The number of rotatable bonds is 8. The molecule has 220 valence electrons. The first-order chi connectivity index (χ1) is 20.3. The third-order valence-electron chi connectivity index (χ3n) is 7.49. The Labute approximate surface area is 243 Å². The number of carbonyl (C=O) groups is 2. The average Bonchev–Trinajstić information content (AvgIpc) is 3.58. The van der Waals surface area contributed by atoms with Crippen LogP contribution in [0.4, 0.5) is 9.18 Å². The Bertz CT molecular complexity index is 1520. The third kappa shape index (κ3) is 6.15. The standard InChI is InChI=1S/C31H33FN4O6/c1-19-24(23-6-5-21(32)16-25(23)26(19)18-33-29(37)17-22-7-8-34-42-22)13-20-14-27(39-3)30(28(15-20)40-4)41-31(38)36-11-9-35(2)10-12-36/h5-8,13-16H,9-12,17-18H2,1-4H3,(H,33,37)/b24-13-. The lowest BCUT2D eigenvalue weighted by molar-refractivity contribution is -0.120. The molecule has 42 heavy (non-hydrogen) atoms. The number of carbonyl (C=O) groups excluding carboxylic acids is 2. The molecule has 0 atom stereocenters. The highest BCUT2D eigenvalue weighted by molar-refractivity contribution is 6.06. The van der Waals surface area contributed by atoms with Crippen LogP contribution in [0.1, 0.15) is 29.4 Å². The van der Waals surface area contributed by atoms with Crippen molar-refractivity contribution in [1.82, 2.24) is 20.3 Å². The number of hydrogen-bond donors (Lipinski definition) is 1. The second-order valence-corrected chi connectivity index (χ2v) is 10.2. The molecule has 1 aliphatic carbocycles. The number of halogens is 1. The minimum atomic E-state index is -0.466. The summed E-state index contributed by atoms with van der Waals surface area (Å²) in [4.78, 5) is 29.2. The first kappa shape index (κ1) is 28.9. The smallest absolute Gasteiger partial charge is 0.415 e. The van der Waals surface area contributed by atoms with Gasteiger partial charge in [0.1, 0.15) is 11.6 Å². The van der Waals surface area contributed by atoms with Gasteiger partial charge in [-0.25, -0.2) is 9.18 Å². The summed E-state index contributed by atoms with van der Waals surface area (Å²) in [5.74, 6) is 0.714. The van der Waals surface area contributed by atoms with Crippen LogP contribution in [-0.2, 0) is 11.2 Å². The number of nitrogens with one attached hydrogen (secondary N) is 1. The van der Waals surface area contributed by atoms with E-state index in [9.17, 15) is 14.0 Å². The van der Waals surface area contributed by atoms with Crippen LogP contribution in [0.25, 0.3) is 17.2 Å². The fourth-order valence-electron chi connectivity index (χ4n) is 5.11. The zero-order valence-electron chi connectivity index (χ0n) is 24.0. The Morgan fingerprint density at radius 3 is 2.40 bits per heavy atom. The molecule has 2 amide bonds. The number of likely N-dealkylation sites (N-methyl/N-ethyl adjacent to an activating group) is 1. The second kappa shape index (κ2) is 12.5. The first-order valence-electron chi connectivity index (χ1n) is 13.6. The zero-order chi connectivity index (χ0) is 29.8. The van der Waals surface area contributed by atoms with Gasteiger partial charge < -0.3 is 33.9 Å². The van der Waals surface area contributed by atoms with E-state index in [1.165, 1.54) is 32.5 Å². The molecule has 0 bridgehead atoms. The van der Waals surface area contributed by atoms with Gasteiger partial charge in [0.15, 0.2) is 11.5 Å². The van der Waals surface area contributed by atoms with Gasteiger partial charge in [0.25, 0.3) is 0 Å². The van der Waals surface area contributed by atoms with Gasteiger partial charge in [-0.1, -0.05) is 11.2 Å². The lowest BCUT2D eigenvalue weighted by Gasteiger charge is -2.31. The van der Waals surface area contributed by atoms with Crippen molar-refractivity contribution >= 4 is 29.2 Å². The largest absolute Gasteiger partial charge is 0.493 e. The number of ether oxygens (including phenoxy) is 3. The number of benzene rings is 2. The predicted octanol–water partition coefficient (Wildman–Crippen LogP) is 4.26. The average molecular weight is 577 g/mol. The second-order valence-electron chi connectivity index (χ2n) is 10.2. The molecule has 1 fully saturated rings. The molecule has 2 aromatic carbocycles. The number of aromatic nitrogens is 1. The van der Waals surface area contributed by atoms with Crippen molar-refractivity contribution in [2.24, 2.45) is 0 Å². The molecule has 11 heteroatoms. The van der Waals surface area contributed by atoms with Gasteiger partial charge in [0, 0.05) is 38.8 Å². The number of piperazine rings is 1. The maximum absolute atomic E-state index is 14.3. The van der Waals surface area contributed by atoms with E-state index in [-0.39, 0.29) is 30.4 Å². The molecule has 0 unspecified atom stereocenters. The summed E-state index contributed by atoms with van der Waals surface area (Å²) in [7, 11) is 5.01. The molecule has 10 nitrogen and oxygen atoms in total. The molecule has 0 saturated carbocycles. The molecular weight excluding hydrogens is 543 g/mol. The molecule has 5 rings (SSSR count). The van der Waals surface area contributed by atoms with Crippen LogP contribution >= 0.6 is 0 Å². The van der Waals surface area contributed by atoms with E-state index in [0.717, 1.165) is 40.9 Å². The van der Waals surface area contributed by atoms with Crippen LogP contribution in [0.15, 0.2) is 52.7 Å². The molecule has 3 aromatic rings. The first-order valence-corrected chi connectivity index (χ1v) is 13.6. The SMILES string of the molecule is COc1cc(/C=C2/C(C)=C(CNC(=O)Cc3ccno3)c3cc(F)ccc32)cc(OC)c1OC(=O)N1CCN(C)CC1. The topological polar surface area (TPSA) is 106 Å². The Hall–Kier alpha value is -4.64. The van der Waals surface area contributed by atoms with E-state index in [4.69, 9.17) is 18.7 Å². The molecular formula is C31H33FN4O6. The number of methoxy groups -OCH3 is 2. The quantitative estimate of drug-likeness (QED) is 0.424. The number of amides is 2. The van der Waals surface area contributed by atoms with Crippen molar-refractivity contribution < 1.29 is 32.7 Å². The maximum Gasteiger partial charge on any atom is 0.415 e. The Morgan fingerprint density at radius 1 is 1.05 bits per heavy atom. The van der Waals surface area contributed by atoms with E-state index >= 15 is 0 Å². The van der Waals surface area contributed by atoms with Crippen molar-refractivity contribution in [3.63, 3.8) is 0 Å². The molecule has 2 heterocycles. The molecule has 1 saturated heterocycles. The minimum absolute atomic E-state index is 0.0519. The van der Waals surface area contributed by atoms with Crippen LogP contribution in [0.3, 0.4) is 0 Å². The third-order valence-corrected chi connectivity index (χ3v) is 7.49.